The maximum atomic E-state index is 11.0. The molecule has 2 N–H and O–H groups in total. The van der Waals surface area contributed by atoms with Crippen molar-refractivity contribution in [2.75, 3.05) is 0 Å². The fourth-order valence-corrected chi connectivity index (χ4v) is 2.75. The second kappa shape index (κ2) is 11.7. The van der Waals surface area contributed by atoms with E-state index < -0.39 is 0 Å². The number of esters is 1. The lowest BCUT2D eigenvalue weighted by Gasteiger charge is -2.09. The molecule has 1 aliphatic rings. The molecule has 0 amide bonds. The molecule has 0 spiro atoms. The zero-order chi connectivity index (χ0) is 16.2. The first kappa shape index (κ1) is 19.2. The normalized spacial score (nSPS) is 21.2. The van der Waals surface area contributed by atoms with Crippen LogP contribution in [0.4, 0.5) is 0 Å². The van der Waals surface area contributed by atoms with E-state index in [4.69, 9.17) is 9.84 Å². The van der Waals surface area contributed by atoms with Crippen LogP contribution >= 0.6 is 0 Å². The van der Waals surface area contributed by atoms with Crippen molar-refractivity contribution in [3.05, 3.63) is 12.2 Å². The number of cyclic esters (lactones) is 1. The molecule has 0 unspecified atom stereocenters. The number of allylic oxidation sites excluding steroid dienone is 1. The second-order valence-corrected chi connectivity index (χ2v) is 6.42. The quantitative estimate of drug-likeness (QED) is 0.329. The van der Waals surface area contributed by atoms with Gasteiger partial charge in [0, 0.05) is 6.42 Å². The number of hydrogen-bond acceptors (Lipinski definition) is 4. The fraction of sp³-hybridized carbons (Fsp3) is 0.833. The molecule has 128 valence electrons. The zero-order valence-corrected chi connectivity index (χ0v) is 13.9. The summed E-state index contributed by atoms with van der Waals surface area (Å²) in [4.78, 5) is 11.0. The molecular weight excluding hydrogens is 280 g/mol. The number of hydrogen-bond donors (Lipinski definition) is 2. The largest absolute Gasteiger partial charge is 0.462 e. The van der Waals surface area contributed by atoms with E-state index in [0.717, 1.165) is 64.2 Å². The Morgan fingerprint density at radius 2 is 1.95 bits per heavy atom. The van der Waals surface area contributed by atoms with Crippen molar-refractivity contribution in [1.29, 1.82) is 0 Å². The first-order valence-electron chi connectivity index (χ1n) is 8.80. The van der Waals surface area contributed by atoms with Crippen LogP contribution in [-0.4, -0.2) is 34.5 Å². The van der Waals surface area contributed by atoms with Gasteiger partial charge in [0.2, 0.25) is 0 Å². The van der Waals surface area contributed by atoms with Crippen LogP contribution in [0.25, 0.3) is 0 Å². The van der Waals surface area contributed by atoms with E-state index in [2.05, 4.69) is 0 Å². The van der Waals surface area contributed by atoms with Gasteiger partial charge in [-0.3, -0.25) is 4.79 Å². The van der Waals surface area contributed by atoms with Crippen molar-refractivity contribution in [3.63, 3.8) is 0 Å². The van der Waals surface area contributed by atoms with Crippen LogP contribution in [0.3, 0.4) is 0 Å². The third-order valence-electron chi connectivity index (χ3n) is 4.10. The molecule has 0 radical (unpaired) electrons. The monoisotopic (exact) mass is 312 g/mol. The number of unbranched alkanes of at least 4 members (excludes halogenated alkanes) is 4. The molecule has 1 heterocycles. The van der Waals surface area contributed by atoms with Crippen molar-refractivity contribution in [2.45, 2.75) is 95.9 Å². The highest BCUT2D eigenvalue weighted by Crippen LogP contribution is 2.20. The van der Waals surface area contributed by atoms with Gasteiger partial charge in [0.25, 0.3) is 0 Å². The van der Waals surface area contributed by atoms with Crippen LogP contribution in [0.5, 0.6) is 0 Å². The molecular formula is C18H32O4. The average Bonchev–Trinajstić information content (AvgIpc) is 2.87. The second-order valence-electron chi connectivity index (χ2n) is 6.42. The summed E-state index contributed by atoms with van der Waals surface area (Å²) in [6.45, 7) is 1.80. The minimum Gasteiger partial charge on any atom is -0.462 e. The van der Waals surface area contributed by atoms with Gasteiger partial charge >= 0.3 is 5.97 Å². The summed E-state index contributed by atoms with van der Waals surface area (Å²) in [7, 11) is 0. The lowest BCUT2D eigenvalue weighted by atomic mass is 10.0. The first-order valence-corrected chi connectivity index (χ1v) is 8.80. The summed E-state index contributed by atoms with van der Waals surface area (Å²) in [6, 6.07) is 0. The summed E-state index contributed by atoms with van der Waals surface area (Å²) in [5.74, 6) is -0.0478. The molecule has 0 aromatic rings. The van der Waals surface area contributed by atoms with Crippen molar-refractivity contribution in [1.82, 2.24) is 0 Å². The summed E-state index contributed by atoms with van der Waals surface area (Å²) >= 11 is 0. The number of aliphatic hydroxyl groups excluding tert-OH is 2. The molecule has 0 aliphatic carbocycles. The summed E-state index contributed by atoms with van der Waals surface area (Å²) in [5.41, 5.74) is 0. The predicted molar refractivity (Wildman–Crippen MR) is 87.5 cm³/mol. The molecule has 22 heavy (non-hydrogen) atoms. The summed E-state index contributed by atoms with van der Waals surface area (Å²) < 4.78 is 5.18. The van der Waals surface area contributed by atoms with Crippen LogP contribution in [0.2, 0.25) is 0 Å². The maximum Gasteiger partial charge on any atom is 0.306 e. The maximum absolute atomic E-state index is 11.0. The van der Waals surface area contributed by atoms with Gasteiger partial charge < -0.3 is 14.9 Å². The molecule has 4 nitrogen and oxygen atoms in total. The third-order valence-corrected chi connectivity index (χ3v) is 4.10. The van der Waals surface area contributed by atoms with E-state index in [-0.39, 0.29) is 24.3 Å². The SMILES string of the molecule is C[C@@H](O)CCC/C=C/[C@@H](O)CCCCCC[C@H]1CCC(=O)O1. The molecule has 1 saturated heterocycles. The van der Waals surface area contributed by atoms with Crippen molar-refractivity contribution in [3.8, 4) is 0 Å². The Morgan fingerprint density at radius 3 is 2.64 bits per heavy atom. The van der Waals surface area contributed by atoms with E-state index in [9.17, 15) is 9.90 Å². The Bertz CT molecular complexity index is 325. The van der Waals surface area contributed by atoms with Gasteiger partial charge in [-0.15, -0.1) is 0 Å². The molecule has 0 bridgehead atoms. The van der Waals surface area contributed by atoms with Crippen LogP contribution in [0, 0.1) is 0 Å². The molecule has 1 fully saturated rings. The van der Waals surface area contributed by atoms with E-state index in [1.165, 1.54) is 0 Å². The minimum absolute atomic E-state index is 0.0478. The molecule has 0 aromatic heterocycles. The Balaban J connectivity index is 1.88. The highest BCUT2D eigenvalue weighted by Gasteiger charge is 2.22. The number of rotatable bonds is 12. The fourth-order valence-electron chi connectivity index (χ4n) is 2.75. The van der Waals surface area contributed by atoms with E-state index in [1.807, 2.05) is 12.2 Å². The van der Waals surface area contributed by atoms with Crippen LogP contribution in [0.1, 0.15) is 77.6 Å². The van der Waals surface area contributed by atoms with Crippen molar-refractivity contribution < 1.29 is 19.7 Å². The highest BCUT2D eigenvalue weighted by atomic mass is 16.5. The van der Waals surface area contributed by atoms with E-state index >= 15 is 0 Å². The van der Waals surface area contributed by atoms with Gasteiger partial charge in [0.05, 0.1) is 12.2 Å². The van der Waals surface area contributed by atoms with Gasteiger partial charge in [-0.1, -0.05) is 31.4 Å². The summed E-state index contributed by atoms with van der Waals surface area (Å²) in [6.07, 6.45) is 13.8. The average molecular weight is 312 g/mol. The molecule has 1 rings (SSSR count). The van der Waals surface area contributed by atoms with Gasteiger partial charge in [-0.05, 0) is 51.9 Å². The van der Waals surface area contributed by atoms with Gasteiger partial charge in [-0.2, -0.15) is 0 Å². The van der Waals surface area contributed by atoms with E-state index in [0.29, 0.717) is 6.42 Å². The molecule has 0 aromatic carbocycles. The lowest BCUT2D eigenvalue weighted by molar-refractivity contribution is -0.141. The lowest BCUT2D eigenvalue weighted by Crippen LogP contribution is -2.06. The Hall–Kier alpha value is -0.870. The Kier molecular flexibility index (Phi) is 10.2. The van der Waals surface area contributed by atoms with Crippen LogP contribution in [0.15, 0.2) is 12.2 Å². The standard InChI is InChI=1S/C18H32O4/c1-15(19)9-5-4-7-11-16(20)10-6-2-3-8-12-17-13-14-18(21)22-17/h7,11,15-17,19-20H,2-6,8-10,12-14H2,1H3/b11-7+/t15-,16+,17+/m1/s1. The van der Waals surface area contributed by atoms with E-state index in [1.54, 1.807) is 6.92 Å². The van der Waals surface area contributed by atoms with Gasteiger partial charge in [0.1, 0.15) is 6.10 Å². The highest BCUT2D eigenvalue weighted by molar-refractivity contribution is 5.71. The summed E-state index contributed by atoms with van der Waals surface area (Å²) in [5, 5.41) is 19.0. The predicted octanol–water partition coefficient (Wildman–Crippen LogP) is 3.50. The number of carbonyl (C=O) groups is 1. The smallest absolute Gasteiger partial charge is 0.306 e. The third kappa shape index (κ3) is 9.96. The number of aliphatic hydroxyl groups is 2. The Labute approximate surface area is 134 Å². The molecule has 4 heteroatoms. The molecule has 1 aliphatic heterocycles. The first-order chi connectivity index (χ1) is 10.6. The Morgan fingerprint density at radius 1 is 1.18 bits per heavy atom. The van der Waals surface area contributed by atoms with Crippen LogP contribution in [-0.2, 0) is 9.53 Å². The number of ether oxygens (including phenoxy) is 1. The van der Waals surface area contributed by atoms with Gasteiger partial charge in [-0.25, -0.2) is 0 Å². The van der Waals surface area contributed by atoms with Crippen LogP contribution < -0.4 is 0 Å². The van der Waals surface area contributed by atoms with Crippen molar-refractivity contribution in [2.24, 2.45) is 0 Å². The van der Waals surface area contributed by atoms with Gasteiger partial charge in [0.15, 0.2) is 0 Å². The molecule has 0 saturated carbocycles. The minimum atomic E-state index is -0.345. The van der Waals surface area contributed by atoms with Crippen molar-refractivity contribution >= 4 is 5.97 Å². The zero-order valence-electron chi connectivity index (χ0n) is 13.9. The topological polar surface area (TPSA) is 66.8 Å². The number of carbonyl (C=O) groups excluding carboxylic acids is 1. The molecule has 3 atom stereocenters.